The molecule has 0 aliphatic carbocycles. The monoisotopic (exact) mass is 226 g/mol. The molecule has 1 rings (SSSR count). The van der Waals surface area contributed by atoms with Crippen LogP contribution in [0.25, 0.3) is 0 Å². The molecule has 1 N–H and O–H groups in total. The molecule has 2 atom stereocenters. The SMILES string of the molecule is CCOC(C)C(Cc1ncnn1CC)NC. The largest absolute Gasteiger partial charge is 0.377 e. The van der Waals surface area contributed by atoms with Crippen molar-refractivity contribution in [1.82, 2.24) is 20.1 Å². The van der Waals surface area contributed by atoms with E-state index in [0.29, 0.717) is 0 Å². The Hall–Kier alpha value is -0.940. The highest BCUT2D eigenvalue weighted by atomic mass is 16.5. The van der Waals surface area contributed by atoms with E-state index in [4.69, 9.17) is 4.74 Å². The fraction of sp³-hybridized carbons (Fsp3) is 0.818. The Labute approximate surface area is 97.2 Å². The van der Waals surface area contributed by atoms with Crippen LogP contribution in [0.3, 0.4) is 0 Å². The molecule has 0 aromatic carbocycles. The second kappa shape index (κ2) is 6.60. The van der Waals surface area contributed by atoms with Gasteiger partial charge in [-0.25, -0.2) is 4.98 Å². The van der Waals surface area contributed by atoms with Crippen LogP contribution in [-0.2, 0) is 17.7 Å². The minimum absolute atomic E-state index is 0.178. The smallest absolute Gasteiger partial charge is 0.138 e. The van der Waals surface area contributed by atoms with Gasteiger partial charge in [-0.2, -0.15) is 5.10 Å². The normalized spacial score (nSPS) is 15.0. The molecule has 1 aromatic rings. The summed E-state index contributed by atoms with van der Waals surface area (Å²) in [5, 5.41) is 7.43. The molecule has 0 aliphatic heterocycles. The van der Waals surface area contributed by atoms with Gasteiger partial charge in [0, 0.05) is 25.6 Å². The summed E-state index contributed by atoms with van der Waals surface area (Å²) in [5.41, 5.74) is 0. The first-order chi connectivity index (χ1) is 7.72. The third-order valence-electron chi connectivity index (χ3n) is 2.76. The van der Waals surface area contributed by atoms with Crippen LogP contribution >= 0.6 is 0 Å². The number of hydrogen-bond donors (Lipinski definition) is 1. The van der Waals surface area contributed by atoms with E-state index in [9.17, 15) is 0 Å². The van der Waals surface area contributed by atoms with Crippen molar-refractivity contribution < 1.29 is 4.74 Å². The number of rotatable bonds is 7. The van der Waals surface area contributed by atoms with Crippen molar-refractivity contribution in [2.45, 2.75) is 45.9 Å². The van der Waals surface area contributed by atoms with Crippen LogP contribution in [0.1, 0.15) is 26.6 Å². The zero-order chi connectivity index (χ0) is 12.0. The lowest BCUT2D eigenvalue weighted by atomic mass is 10.1. The number of aromatic nitrogens is 3. The number of aryl methyl sites for hydroxylation is 1. The molecule has 1 aromatic heterocycles. The maximum absolute atomic E-state index is 5.60. The van der Waals surface area contributed by atoms with E-state index in [1.165, 1.54) is 0 Å². The Morgan fingerprint density at radius 1 is 1.50 bits per heavy atom. The molecular weight excluding hydrogens is 204 g/mol. The van der Waals surface area contributed by atoms with Gasteiger partial charge in [0.15, 0.2) is 0 Å². The van der Waals surface area contributed by atoms with Crippen molar-refractivity contribution in [3.63, 3.8) is 0 Å². The van der Waals surface area contributed by atoms with Gasteiger partial charge in [-0.15, -0.1) is 0 Å². The number of nitrogens with one attached hydrogen (secondary N) is 1. The van der Waals surface area contributed by atoms with E-state index in [2.05, 4.69) is 29.2 Å². The van der Waals surface area contributed by atoms with Crippen molar-refractivity contribution >= 4 is 0 Å². The Morgan fingerprint density at radius 2 is 2.25 bits per heavy atom. The van der Waals surface area contributed by atoms with E-state index < -0.39 is 0 Å². The molecule has 1 heterocycles. The summed E-state index contributed by atoms with van der Waals surface area (Å²) < 4.78 is 7.52. The minimum atomic E-state index is 0.178. The van der Waals surface area contributed by atoms with Crippen LogP contribution in [0.4, 0.5) is 0 Å². The van der Waals surface area contributed by atoms with Crippen LogP contribution in [0.5, 0.6) is 0 Å². The summed E-state index contributed by atoms with van der Waals surface area (Å²) in [4.78, 5) is 4.27. The van der Waals surface area contributed by atoms with Crippen molar-refractivity contribution in [3.05, 3.63) is 12.2 Å². The molecular formula is C11H22N4O. The van der Waals surface area contributed by atoms with Crippen LogP contribution < -0.4 is 5.32 Å². The number of ether oxygens (including phenoxy) is 1. The second-order valence-electron chi connectivity index (χ2n) is 3.75. The lowest BCUT2D eigenvalue weighted by Gasteiger charge is -2.23. The minimum Gasteiger partial charge on any atom is -0.377 e. The molecule has 5 nitrogen and oxygen atoms in total. The molecule has 16 heavy (non-hydrogen) atoms. The lowest BCUT2D eigenvalue weighted by molar-refractivity contribution is 0.0489. The number of likely N-dealkylation sites (N-methyl/N-ethyl adjacent to an activating group) is 1. The summed E-state index contributed by atoms with van der Waals surface area (Å²) >= 11 is 0. The lowest BCUT2D eigenvalue weighted by Crippen LogP contribution is -2.40. The van der Waals surface area contributed by atoms with Crippen LogP contribution in [-0.4, -0.2) is 40.6 Å². The fourth-order valence-electron chi connectivity index (χ4n) is 1.79. The van der Waals surface area contributed by atoms with Gasteiger partial charge >= 0.3 is 0 Å². The molecule has 92 valence electrons. The molecule has 2 unspecified atom stereocenters. The first kappa shape index (κ1) is 13.1. The van der Waals surface area contributed by atoms with Gasteiger partial charge in [-0.05, 0) is 27.8 Å². The predicted molar refractivity (Wildman–Crippen MR) is 63.3 cm³/mol. The molecule has 0 fully saturated rings. The zero-order valence-corrected chi connectivity index (χ0v) is 10.6. The third kappa shape index (κ3) is 3.28. The molecule has 0 spiro atoms. The van der Waals surface area contributed by atoms with Crippen molar-refractivity contribution in [2.24, 2.45) is 0 Å². The summed E-state index contributed by atoms with van der Waals surface area (Å²) in [6, 6.07) is 0.273. The van der Waals surface area contributed by atoms with Gasteiger partial charge in [0.05, 0.1) is 6.10 Å². The van der Waals surface area contributed by atoms with Crippen LogP contribution in [0, 0.1) is 0 Å². The molecule has 0 aliphatic rings. The first-order valence-electron chi connectivity index (χ1n) is 5.88. The molecule has 0 bridgehead atoms. The van der Waals surface area contributed by atoms with Gasteiger partial charge in [0.2, 0.25) is 0 Å². The van der Waals surface area contributed by atoms with Crippen LogP contribution in [0.15, 0.2) is 6.33 Å². The van der Waals surface area contributed by atoms with Gasteiger partial charge in [0.1, 0.15) is 12.2 Å². The third-order valence-corrected chi connectivity index (χ3v) is 2.76. The molecule has 0 saturated carbocycles. The summed E-state index contributed by atoms with van der Waals surface area (Å²) in [7, 11) is 1.95. The quantitative estimate of drug-likeness (QED) is 0.749. The Kier molecular flexibility index (Phi) is 5.42. The van der Waals surface area contributed by atoms with E-state index in [1.807, 2.05) is 18.7 Å². The van der Waals surface area contributed by atoms with Gasteiger partial charge in [0.25, 0.3) is 0 Å². The first-order valence-corrected chi connectivity index (χ1v) is 5.88. The maximum atomic E-state index is 5.60. The van der Waals surface area contributed by atoms with E-state index in [1.54, 1.807) is 6.33 Å². The fourth-order valence-corrected chi connectivity index (χ4v) is 1.79. The zero-order valence-electron chi connectivity index (χ0n) is 10.6. The summed E-state index contributed by atoms with van der Waals surface area (Å²) in [6.45, 7) is 7.75. The van der Waals surface area contributed by atoms with Gasteiger partial charge in [-0.1, -0.05) is 0 Å². The topological polar surface area (TPSA) is 52.0 Å². The predicted octanol–water partition coefficient (Wildman–Crippen LogP) is 0.853. The maximum Gasteiger partial charge on any atom is 0.138 e. The highest BCUT2D eigenvalue weighted by Crippen LogP contribution is 2.06. The summed E-state index contributed by atoms with van der Waals surface area (Å²) in [6.07, 6.45) is 2.62. The number of nitrogens with zero attached hydrogens (tertiary/aromatic N) is 3. The van der Waals surface area contributed by atoms with Crippen molar-refractivity contribution in [3.8, 4) is 0 Å². The molecule has 0 saturated heterocycles. The van der Waals surface area contributed by atoms with Crippen molar-refractivity contribution in [2.75, 3.05) is 13.7 Å². The Balaban J connectivity index is 2.62. The average Bonchev–Trinajstić information content (AvgIpc) is 2.73. The van der Waals surface area contributed by atoms with Gasteiger partial charge < -0.3 is 10.1 Å². The van der Waals surface area contributed by atoms with E-state index in [0.717, 1.165) is 25.4 Å². The molecule has 0 radical (unpaired) electrons. The highest BCUT2D eigenvalue weighted by Gasteiger charge is 2.18. The highest BCUT2D eigenvalue weighted by molar-refractivity contribution is 4.91. The number of hydrogen-bond acceptors (Lipinski definition) is 4. The second-order valence-corrected chi connectivity index (χ2v) is 3.75. The average molecular weight is 226 g/mol. The standard InChI is InChI=1S/C11H22N4O/c1-5-15-11(13-8-14-15)7-10(12-4)9(3)16-6-2/h8-10,12H,5-7H2,1-4H3. The summed E-state index contributed by atoms with van der Waals surface area (Å²) in [5.74, 6) is 1.01. The Bertz CT molecular complexity index is 300. The Morgan fingerprint density at radius 3 is 2.81 bits per heavy atom. The van der Waals surface area contributed by atoms with E-state index in [-0.39, 0.29) is 12.1 Å². The van der Waals surface area contributed by atoms with E-state index >= 15 is 0 Å². The van der Waals surface area contributed by atoms with Crippen LogP contribution in [0.2, 0.25) is 0 Å². The molecule has 5 heteroatoms. The van der Waals surface area contributed by atoms with Crippen molar-refractivity contribution in [1.29, 1.82) is 0 Å². The molecule has 0 amide bonds. The van der Waals surface area contributed by atoms with Gasteiger partial charge in [-0.3, -0.25) is 4.68 Å².